The minimum Gasteiger partial charge on any atom is -0.310 e. The first-order valence-corrected chi connectivity index (χ1v) is 20.3. The van der Waals surface area contributed by atoms with E-state index < -0.39 is 0 Å². The second kappa shape index (κ2) is 12.7. The highest BCUT2D eigenvalue weighted by atomic mass is 32.1. The van der Waals surface area contributed by atoms with E-state index in [4.69, 9.17) is 0 Å². The van der Waals surface area contributed by atoms with Crippen LogP contribution in [-0.2, 0) is 0 Å². The first kappa shape index (κ1) is 32.1. The first-order valence-electron chi connectivity index (χ1n) is 19.5. The molecule has 10 aromatic carbocycles. The number of nitrogens with zero attached hydrogens (tertiary/aromatic N) is 2. The van der Waals surface area contributed by atoms with Gasteiger partial charge in [-0.05, 0) is 98.5 Å². The Morgan fingerprint density at radius 1 is 0.368 bits per heavy atom. The van der Waals surface area contributed by atoms with Crippen LogP contribution in [0.15, 0.2) is 206 Å². The van der Waals surface area contributed by atoms with Gasteiger partial charge in [0.25, 0.3) is 0 Å². The zero-order chi connectivity index (χ0) is 37.5. The van der Waals surface area contributed by atoms with E-state index in [1.54, 1.807) is 0 Å². The van der Waals surface area contributed by atoms with Crippen LogP contribution in [0.2, 0.25) is 0 Å². The van der Waals surface area contributed by atoms with Crippen molar-refractivity contribution < 1.29 is 0 Å². The van der Waals surface area contributed by atoms with Gasteiger partial charge in [0.2, 0.25) is 0 Å². The smallest absolute Gasteiger partial charge is 0.0555 e. The molecule has 2 aromatic heterocycles. The van der Waals surface area contributed by atoms with Gasteiger partial charge in [-0.2, -0.15) is 0 Å². The molecular weight excluding hydrogens is 709 g/mol. The van der Waals surface area contributed by atoms with Gasteiger partial charge >= 0.3 is 0 Å². The van der Waals surface area contributed by atoms with Crippen molar-refractivity contribution in [1.29, 1.82) is 0 Å². The molecule has 12 rings (SSSR count). The number of para-hydroxylation sites is 2. The zero-order valence-electron chi connectivity index (χ0n) is 30.9. The zero-order valence-corrected chi connectivity index (χ0v) is 31.7. The van der Waals surface area contributed by atoms with Crippen LogP contribution in [-0.4, -0.2) is 4.57 Å². The number of hydrogen-bond acceptors (Lipinski definition) is 2. The van der Waals surface area contributed by atoms with E-state index in [-0.39, 0.29) is 0 Å². The molecule has 0 unspecified atom stereocenters. The van der Waals surface area contributed by atoms with Gasteiger partial charge in [-0.15, -0.1) is 11.3 Å². The van der Waals surface area contributed by atoms with Crippen LogP contribution < -0.4 is 4.90 Å². The summed E-state index contributed by atoms with van der Waals surface area (Å²) < 4.78 is 4.97. The Bertz CT molecular complexity index is 3530. The average Bonchev–Trinajstić information content (AvgIpc) is 3.83. The molecule has 12 aromatic rings. The van der Waals surface area contributed by atoms with Crippen LogP contribution in [0.3, 0.4) is 0 Å². The number of benzene rings is 10. The van der Waals surface area contributed by atoms with Gasteiger partial charge in [0.05, 0.1) is 16.7 Å². The van der Waals surface area contributed by atoms with Crippen molar-refractivity contribution in [2.75, 3.05) is 4.90 Å². The number of aromatic nitrogens is 1. The maximum absolute atomic E-state index is 2.50. The third kappa shape index (κ3) is 4.96. The summed E-state index contributed by atoms with van der Waals surface area (Å²) in [5, 5.41) is 12.5. The summed E-state index contributed by atoms with van der Waals surface area (Å²) >= 11 is 1.89. The second-order valence-corrected chi connectivity index (χ2v) is 15.9. The van der Waals surface area contributed by atoms with Crippen molar-refractivity contribution in [3.05, 3.63) is 206 Å². The fourth-order valence-corrected chi connectivity index (χ4v) is 10.4. The number of anilines is 3. The molecule has 3 heteroatoms. The Morgan fingerprint density at radius 2 is 0.965 bits per heavy atom. The molecule has 0 aliphatic heterocycles. The van der Waals surface area contributed by atoms with Gasteiger partial charge < -0.3 is 9.47 Å². The Morgan fingerprint density at radius 3 is 1.81 bits per heavy atom. The van der Waals surface area contributed by atoms with Crippen molar-refractivity contribution >= 4 is 103 Å². The quantitative estimate of drug-likeness (QED) is 0.159. The van der Waals surface area contributed by atoms with Crippen molar-refractivity contribution in [2.45, 2.75) is 0 Å². The van der Waals surface area contributed by atoms with Crippen molar-refractivity contribution in [3.63, 3.8) is 0 Å². The molecule has 0 saturated carbocycles. The lowest BCUT2D eigenvalue weighted by Crippen LogP contribution is -2.10. The van der Waals surface area contributed by atoms with Gasteiger partial charge in [-0.1, -0.05) is 146 Å². The normalized spacial score (nSPS) is 11.9. The highest BCUT2D eigenvalue weighted by Gasteiger charge is 2.23. The van der Waals surface area contributed by atoms with E-state index in [9.17, 15) is 0 Å². The molecule has 0 bridgehead atoms. The topological polar surface area (TPSA) is 8.17 Å². The molecule has 0 saturated heterocycles. The Balaban J connectivity index is 1.18. The van der Waals surface area contributed by atoms with Gasteiger partial charge in [0.1, 0.15) is 0 Å². The van der Waals surface area contributed by atoms with E-state index in [0.717, 1.165) is 22.7 Å². The van der Waals surface area contributed by atoms with Crippen molar-refractivity contribution in [2.24, 2.45) is 0 Å². The molecule has 0 atom stereocenters. The fourth-order valence-electron chi connectivity index (χ4n) is 9.18. The molecule has 0 spiro atoms. The predicted molar refractivity (Wildman–Crippen MR) is 246 cm³/mol. The van der Waals surface area contributed by atoms with Crippen LogP contribution in [0.1, 0.15) is 0 Å². The minimum atomic E-state index is 1.12. The van der Waals surface area contributed by atoms with Crippen molar-refractivity contribution in [3.8, 4) is 16.8 Å². The maximum atomic E-state index is 2.50. The van der Waals surface area contributed by atoms with Crippen LogP contribution in [0, 0.1) is 0 Å². The SMILES string of the molecule is c1ccc(-n2c3ccccc3c3cc(N(c4ccc5ccc6ccccc6c5c4)c4ccc(-c5cccc6ccccc56)c5sc6ccccc6c45)ccc32)cc1. The fraction of sp³-hybridized carbons (Fsp3) is 0. The molecular formula is C54H34N2S. The minimum absolute atomic E-state index is 1.12. The Hall–Kier alpha value is -7.20. The maximum Gasteiger partial charge on any atom is 0.0555 e. The lowest BCUT2D eigenvalue weighted by molar-refractivity contribution is 1.18. The molecule has 2 nitrogen and oxygen atoms in total. The molecule has 2 heterocycles. The molecule has 0 aliphatic carbocycles. The molecule has 0 N–H and O–H groups in total. The number of hydrogen-bond donors (Lipinski definition) is 0. The second-order valence-electron chi connectivity index (χ2n) is 14.9. The van der Waals surface area contributed by atoms with Gasteiger partial charge in [-0.3, -0.25) is 0 Å². The average molecular weight is 743 g/mol. The predicted octanol–water partition coefficient (Wildman–Crippen LogP) is 15.7. The summed E-state index contributed by atoms with van der Waals surface area (Å²) in [5.74, 6) is 0. The molecule has 266 valence electrons. The third-order valence-corrected chi connectivity index (χ3v) is 12.9. The van der Waals surface area contributed by atoms with E-state index >= 15 is 0 Å². The van der Waals surface area contributed by atoms with Crippen LogP contribution >= 0.6 is 11.3 Å². The third-order valence-electron chi connectivity index (χ3n) is 11.7. The molecule has 0 amide bonds. The Labute approximate surface area is 333 Å². The van der Waals surface area contributed by atoms with Crippen molar-refractivity contribution in [1.82, 2.24) is 4.57 Å². The van der Waals surface area contributed by atoms with Gasteiger partial charge in [0.15, 0.2) is 0 Å². The number of thiophene rings is 1. The van der Waals surface area contributed by atoms with E-state index in [1.165, 1.54) is 85.4 Å². The van der Waals surface area contributed by atoms with E-state index in [0.29, 0.717) is 0 Å². The number of rotatable bonds is 5. The summed E-state index contributed by atoms with van der Waals surface area (Å²) in [6, 6.07) is 75.8. The molecule has 57 heavy (non-hydrogen) atoms. The van der Waals surface area contributed by atoms with E-state index in [1.807, 2.05) is 11.3 Å². The van der Waals surface area contributed by atoms with Gasteiger partial charge in [0, 0.05) is 53.6 Å². The van der Waals surface area contributed by atoms with Crippen LogP contribution in [0.4, 0.5) is 17.1 Å². The molecule has 0 fully saturated rings. The summed E-state index contributed by atoms with van der Waals surface area (Å²) in [5.41, 5.74) is 9.47. The first-order chi connectivity index (χ1) is 28.3. The van der Waals surface area contributed by atoms with Gasteiger partial charge in [-0.25, -0.2) is 0 Å². The summed E-state index contributed by atoms with van der Waals surface area (Å²) in [7, 11) is 0. The van der Waals surface area contributed by atoms with Crippen LogP contribution in [0.25, 0.3) is 91.1 Å². The highest BCUT2D eigenvalue weighted by Crippen LogP contribution is 2.50. The standard InChI is InChI=1S/C54H34N2S/c1-2-16-38(17-3-1)56-49-23-10-8-20-44(49)48-34-40(29-31-50(48)56)55(39-28-27-37-26-25-36-14-5-7-19-42(36)47(37)33-39)51-32-30-45(43-22-12-15-35-13-4-6-18-41(35)43)54-53(51)46-21-9-11-24-52(46)57-54/h1-34H. The Kier molecular flexibility index (Phi) is 7.13. The lowest BCUT2D eigenvalue weighted by Gasteiger charge is -2.28. The van der Waals surface area contributed by atoms with E-state index in [2.05, 4.69) is 216 Å². The monoisotopic (exact) mass is 742 g/mol. The largest absolute Gasteiger partial charge is 0.310 e. The lowest BCUT2D eigenvalue weighted by atomic mass is 9.95. The van der Waals surface area contributed by atoms with Crippen LogP contribution in [0.5, 0.6) is 0 Å². The summed E-state index contributed by atoms with van der Waals surface area (Å²) in [6.07, 6.45) is 0. The molecule has 0 aliphatic rings. The summed E-state index contributed by atoms with van der Waals surface area (Å²) in [4.78, 5) is 2.50. The highest BCUT2D eigenvalue weighted by molar-refractivity contribution is 7.26. The summed E-state index contributed by atoms with van der Waals surface area (Å²) in [6.45, 7) is 0. The molecule has 0 radical (unpaired) electrons. The number of fused-ring (bicyclic) bond motifs is 10.